The highest BCUT2D eigenvalue weighted by molar-refractivity contribution is 5.71. The van der Waals surface area contributed by atoms with Gasteiger partial charge in [0.05, 0.1) is 26.4 Å². The van der Waals surface area contributed by atoms with Gasteiger partial charge in [0.25, 0.3) is 6.48 Å². The highest BCUT2D eigenvalue weighted by Gasteiger charge is 2.22. The number of hydrogen-bond acceptors (Lipinski definition) is 4. The number of rotatable bonds is 13. The third-order valence-electron chi connectivity index (χ3n) is 6.88. The van der Waals surface area contributed by atoms with E-state index in [1.165, 1.54) is 37.5 Å². The first-order valence-corrected chi connectivity index (χ1v) is 13.8. The summed E-state index contributed by atoms with van der Waals surface area (Å²) in [7, 11) is 0. The maximum absolute atomic E-state index is 15.0. The fraction of sp³-hybridized carbons (Fsp3) is 0.438. The lowest BCUT2D eigenvalue weighted by atomic mass is 9.98. The molecule has 0 radical (unpaired) electrons. The molecule has 1 aliphatic rings. The standard InChI is InChI=1S/C32H37F3O4/c1-3-5-7-8-23-20-38-32(39-21-23)37-19-22-9-14-26(28(33)18-22)24-10-12-25(13-11-24)27-15-16-29(31(35)30(27)34)36-17-6-4-2/h9-16,18,23,32H,3-8,17,19-21H2,1-2H3. The second-order valence-corrected chi connectivity index (χ2v) is 9.96. The van der Waals surface area contributed by atoms with Gasteiger partial charge >= 0.3 is 0 Å². The Labute approximate surface area is 229 Å². The molecule has 7 heteroatoms. The summed E-state index contributed by atoms with van der Waals surface area (Å²) in [5.41, 5.74) is 2.29. The molecule has 0 aliphatic carbocycles. The molecule has 39 heavy (non-hydrogen) atoms. The summed E-state index contributed by atoms with van der Waals surface area (Å²) >= 11 is 0. The summed E-state index contributed by atoms with van der Waals surface area (Å²) < 4.78 is 66.5. The van der Waals surface area contributed by atoms with E-state index in [9.17, 15) is 13.2 Å². The van der Waals surface area contributed by atoms with Gasteiger partial charge in [0.2, 0.25) is 5.82 Å². The van der Waals surface area contributed by atoms with Crippen LogP contribution in [-0.4, -0.2) is 26.3 Å². The van der Waals surface area contributed by atoms with Crippen molar-refractivity contribution in [2.75, 3.05) is 19.8 Å². The van der Waals surface area contributed by atoms with Gasteiger partial charge in [0.1, 0.15) is 5.82 Å². The average molecular weight is 543 g/mol. The van der Waals surface area contributed by atoms with Gasteiger partial charge in [-0.15, -0.1) is 0 Å². The lowest BCUT2D eigenvalue weighted by molar-refractivity contribution is -0.326. The minimum absolute atomic E-state index is 0.0966. The predicted molar refractivity (Wildman–Crippen MR) is 146 cm³/mol. The molecule has 0 atom stereocenters. The molecule has 3 aromatic rings. The van der Waals surface area contributed by atoms with E-state index in [4.69, 9.17) is 18.9 Å². The highest BCUT2D eigenvalue weighted by Crippen LogP contribution is 2.32. The Kier molecular flexibility index (Phi) is 10.8. The maximum atomic E-state index is 15.0. The van der Waals surface area contributed by atoms with Crippen LogP contribution in [0.1, 0.15) is 57.9 Å². The Morgan fingerprint density at radius 2 is 1.44 bits per heavy atom. The molecule has 210 valence electrons. The monoisotopic (exact) mass is 542 g/mol. The van der Waals surface area contributed by atoms with Crippen molar-refractivity contribution in [1.29, 1.82) is 0 Å². The Bertz CT molecular complexity index is 1190. The van der Waals surface area contributed by atoms with E-state index in [0.717, 1.165) is 19.3 Å². The summed E-state index contributed by atoms with van der Waals surface area (Å²) in [4.78, 5) is 0. The molecule has 0 spiro atoms. The van der Waals surface area contributed by atoms with E-state index in [-0.39, 0.29) is 17.9 Å². The van der Waals surface area contributed by atoms with Gasteiger partial charge in [0, 0.05) is 17.0 Å². The Morgan fingerprint density at radius 3 is 2.10 bits per heavy atom. The number of halogens is 3. The van der Waals surface area contributed by atoms with E-state index in [2.05, 4.69) is 6.92 Å². The molecule has 4 rings (SSSR count). The molecule has 0 aromatic heterocycles. The van der Waals surface area contributed by atoms with Crippen molar-refractivity contribution in [3.8, 4) is 28.0 Å². The molecule has 0 bridgehead atoms. The molecule has 0 N–H and O–H groups in total. The van der Waals surface area contributed by atoms with Crippen molar-refractivity contribution >= 4 is 0 Å². The average Bonchev–Trinajstić information content (AvgIpc) is 2.95. The third kappa shape index (κ3) is 7.84. The van der Waals surface area contributed by atoms with Crippen LogP contribution < -0.4 is 4.74 Å². The summed E-state index contributed by atoms with van der Waals surface area (Å²) in [6.45, 7) is 5.12. The summed E-state index contributed by atoms with van der Waals surface area (Å²) in [6, 6.07) is 14.5. The molecule has 1 aliphatic heterocycles. The van der Waals surface area contributed by atoms with Crippen molar-refractivity contribution in [2.24, 2.45) is 5.92 Å². The fourth-order valence-corrected chi connectivity index (χ4v) is 4.54. The van der Waals surface area contributed by atoms with Gasteiger partial charge in [-0.1, -0.05) is 75.9 Å². The summed E-state index contributed by atoms with van der Waals surface area (Å²) in [6.07, 6.45) is 6.31. The zero-order chi connectivity index (χ0) is 27.6. The normalized spacial score (nSPS) is 17.4. The molecular formula is C32H37F3O4. The lowest BCUT2D eigenvalue weighted by Crippen LogP contribution is -2.33. The van der Waals surface area contributed by atoms with Crippen LogP contribution in [0.5, 0.6) is 5.75 Å². The van der Waals surface area contributed by atoms with Gasteiger partial charge in [-0.25, -0.2) is 8.78 Å². The molecule has 0 amide bonds. The Hall–Kier alpha value is -2.87. The Morgan fingerprint density at radius 1 is 0.769 bits per heavy atom. The zero-order valence-corrected chi connectivity index (χ0v) is 22.7. The molecular weight excluding hydrogens is 505 g/mol. The second-order valence-electron chi connectivity index (χ2n) is 9.96. The second kappa shape index (κ2) is 14.5. The lowest BCUT2D eigenvalue weighted by Gasteiger charge is -2.29. The van der Waals surface area contributed by atoms with Gasteiger partial charge in [-0.05, 0) is 47.7 Å². The molecule has 0 unspecified atom stereocenters. The summed E-state index contributed by atoms with van der Waals surface area (Å²) in [5, 5.41) is 0. The summed E-state index contributed by atoms with van der Waals surface area (Å²) in [5.74, 6) is -2.09. The smallest absolute Gasteiger partial charge is 0.271 e. The van der Waals surface area contributed by atoms with Crippen LogP contribution in [0.4, 0.5) is 13.2 Å². The minimum Gasteiger partial charge on any atom is -0.490 e. The quantitative estimate of drug-likeness (QED) is 0.203. The van der Waals surface area contributed by atoms with Crippen LogP contribution >= 0.6 is 0 Å². The van der Waals surface area contributed by atoms with Gasteiger partial charge in [-0.2, -0.15) is 4.39 Å². The van der Waals surface area contributed by atoms with Crippen molar-refractivity contribution in [1.82, 2.24) is 0 Å². The van der Waals surface area contributed by atoms with Gasteiger partial charge in [0.15, 0.2) is 11.6 Å². The van der Waals surface area contributed by atoms with Crippen LogP contribution in [-0.2, 0) is 20.8 Å². The molecule has 1 saturated heterocycles. The topological polar surface area (TPSA) is 36.9 Å². The van der Waals surface area contributed by atoms with Crippen LogP contribution in [0.15, 0.2) is 54.6 Å². The first-order chi connectivity index (χ1) is 19.0. The first-order valence-electron chi connectivity index (χ1n) is 13.8. The number of ether oxygens (including phenoxy) is 4. The molecule has 3 aromatic carbocycles. The van der Waals surface area contributed by atoms with Gasteiger partial charge in [-0.3, -0.25) is 0 Å². The largest absolute Gasteiger partial charge is 0.490 e. The van der Waals surface area contributed by atoms with E-state index in [0.29, 0.717) is 48.0 Å². The van der Waals surface area contributed by atoms with Crippen LogP contribution in [0.3, 0.4) is 0 Å². The van der Waals surface area contributed by atoms with Crippen LogP contribution in [0, 0.1) is 23.4 Å². The van der Waals surface area contributed by atoms with Crippen molar-refractivity contribution in [2.45, 2.75) is 65.5 Å². The van der Waals surface area contributed by atoms with Crippen molar-refractivity contribution in [3.05, 3.63) is 77.6 Å². The molecule has 0 saturated carbocycles. The molecule has 4 nitrogen and oxygen atoms in total. The van der Waals surface area contributed by atoms with Crippen LogP contribution in [0.2, 0.25) is 0 Å². The molecule has 1 fully saturated rings. The fourth-order valence-electron chi connectivity index (χ4n) is 4.54. The SMILES string of the molecule is CCCCCC1COC(OCc2ccc(-c3ccc(-c4ccc(OCCCC)c(F)c4F)cc3)c(F)c2)OC1. The van der Waals surface area contributed by atoms with Crippen LogP contribution in [0.25, 0.3) is 22.3 Å². The Balaban J connectivity index is 1.34. The van der Waals surface area contributed by atoms with Crippen molar-refractivity contribution < 1.29 is 32.1 Å². The van der Waals surface area contributed by atoms with E-state index >= 15 is 0 Å². The third-order valence-corrected chi connectivity index (χ3v) is 6.88. The van der Waals surface area contributed by atoms with Gasteiger partial charge < -0.3 is 18.9 Å². The van der Waals surface area contributed by atoms with E-state index in [1.807, 2.05) is 6.92 Å². The number of unbranched alkanes of at least 4 members (excludes halogenated alkanes) is 3. The number of hydrogen-bond donors (Lipinski definition) is 0. The van der Waals surface area contributed by atoms with E-state index < -0.39 is 23.9 Å². The first kappa shape index (κ1) is 29.1. The minimum atomic E-state index is -1.01. The molecule has 1 heterocycles. The number of benzene rings is 3. The predicted octanol–water partition coefficient (Wildman–Crippen LogP) is 8.66. The van der Waals surface area contributed by atoms with Crippen molar-refractivity contribution in [3.63, 3.8) is 0 Å². The zero-order valence-electron chi connectivity index (χ0n) is 22.7. The van der Waals surface area contributed by atoms with E-state index in [1.54, 1.807) is 36.4 Å². The highest BCUT2D eigenvalue weighted by atomic mass is 19.2. The maximum Gasteiger partial charge on any atom is 0.271 e.